The number of aryl methyl sites for hydroxylation is 1. The van der Waals surface area contributed by atoms with E-state index < -0.39 is 0 Å². The van der Waals surface area contributed by atoms with Crippen LogP contribution in [0.3, 0.4) is 0 Å². The van der Waals surface area contributed by atoms with E-state index in [0.717, 1.165) is 22.8 Å². The Morgan fingerprint density at radius 3 is 2.82 bits per heavy atom. The molecule has 0 saturated carbocycles. The molecule has 2 aromatic heterocycles. The predicted octanol–water partition coefficient (Wildman–Crippen LogP) is 2.23. The first kappa shape index (κ1) is 11.6. The van der Waals surface area contributed by atoms with Crippen molar-refractivity contribution in [1.29, 1.82) is 0 Å². The molecule has 2 aromatic rings. The summed E-state index contributed by atoms with van der Waals surface area (Å²) in [6.45, 7) is 2.35. The zero-order valence-electron chi connectivity index (χ0n) is 10.2. The quantitative estimate of drug-likeness (QED) is 0.877. The number of rotatable bonds is 4. The second-order valence-electron chi connectivity index (χ2n) is 3.64. The summed E-state index contributed by atoms with van der Waals surface area (Å²) >= 11 is 0. The zero-order chi connectivity index (χ0) is 12.3. The summed E-state index contributed by atoms with van der Waals surface area (Å²) < 4.78 is 10.3. The Labute approximate surface area is 99.8 Å². The lowest BCUT2D eigenvalue weighted by molar-refractivity contribution is 0.181. The molecule has 0 amide bonds. The highest BCUT2D eigenvalue weighted by molar-refractivity contribution is 5.59. The molecule has 2 rings (SSSR count). The summed E-state index contributed by atoms with van der Waals surface area (Å²) in [7, 11) is 3.47. The molecule has 0 radical (unpaired) electrons. The van der Waals surface area contributed by atoms with E-state index in [0.29, 0.717) is 12.4 Å². The molecule has 90 valence electrons. The fourth-order valence-electron chi connectivity index (χ4n) is 1.58. The van der Waals surface area contributed by atoms with Crippen LogP contribution in [0.4, 0.5) is 5.82 Å². The van der Waals surface area contributed by atoms with Crippen LogP contribution in [0.2, 0.25) is 0 Å². The molecular weight excluding hydrogens is 218 g/mol. The minimum Gasteiger partial charge on any atom is -0.469 e. The molecule has 0 saturated heterocycles. The predicted molar refractivity (Wildman–Crippen MR) is 64.7 cm³/mol. The third-order valence-corrected chi connectivity index (χ3v) is 2.43. The number of nitrogens with one attached hydrogen (secondary N) is 1. The molecular formula is C12H15N3O2. The van der Waals surface area contributed by atoms with Crippen molar-refractivity contribution < 1.29 is 9.15 Å². The average Bonchev–Trinajstić information content (AvgIpc) is 2.75. The van der Waals surface area contributed by atoms with Crippen LogP contribution in [-0.4, -0.2) is 24.1 Å². The van der Waals surface area contributed by atoms with E-state index in [1.807, 2.05) is 26.1 Å². The topological polar surface area (TPSA) is 60.2 Å². The molecule has 0 aliphatic carbocycles. The van der Waals surface area contributed by atoms with Gasteiger partial charge in [0.2, 0.25) is 0 Å². The van der Waals surface area contributed by atoms with Crippen molar-refractivity contribution in [2.24, 2.45) is 0 Å². The average molecular weight is 233 g/mol. The van der Waals surface area contributed by atoms with E-state index in [4.69, 9.17) is 9.15 Å². The number of furan rings is 1. The molecule has 5 nitrogen and oxygen atoms in total. The lowest BCUT2D eigenvalue weighted by Gasteiger charge is -2.06. The first-order chi connectivity index (χ1) is 8.24. The molecule has 1 N–H and O–H groups in total. The van der Waals surface area contributed by atoms with Gasteiger partial charge in [-0.25, -0.2) is 9.97 Å². The van der Waals surface area contributed by atoms with Gasteiger partial charge in [-0.05, 0) is 13.0 Å². The Morgan fingerprint density at radius 1 is 1.41 bits per heavy atom. The molecule has 0 aliphatic rings. The minimum atomic E-state index is 0.459. The molecule has 0 unspecified atom stereocenters. The Kier molecular flexibility index (Phi) is 3.39. The van der Waals surface area contributed by atoms with Gasteiger partial charge in [0, 0.05) is 20.2 Å². The maximum absolute atomic E-state index is 5.26. The number of hydrogen-bond donors (Lipinski definition) is 1. The number of methoxy groups -OCH3 is 1. The summed E-state index contributed by atoms with van der Waals surface area (Å²) in [6, 6.07) is 3.73. The Balaban J connectivity index is 2.46. The molecule has 17 heavy (non-hydrogen) atoms. The third-order valence-electron chi connectivity index (χ3n) is 2.43. The van der Waals surface area contributed by atoms with Crippen LogP contribution in [0.5, 0.6) is 0 Å². The van der Waals surface area contributed by atoms with Crippen LogP contribution >= 0.6 is 0 Å². The fourth-order valence-corrected chi connectivity index (χ4v) is 1.58. The van der Waals surface area contributed by atoms with Crippen LogP contribution in [-0.2, 0) is 11.3 Å². The Bertz CT molecular complexity index is 508. The smallest absolute Gasteiger partial charge is 0.165 e. The Morgan fingerprint density at radius 2 is 2.24 bits per heavy atom. The molecule has 0 atom stereocenters. The van der Waals surface area contributed by atoms with Crippen LogP contribution in [0.25, 0.3) is 11.4 Å². The zero-order valence-corrected chi connectivity index (χ0v) is 10.2. The van der Waals surface area contributed by atoms with Gasteiger partial charge in [-0.2, -0.15) is 0 Å². The summed E-state index contributed by atoms with van der Waals surface area (Å²) in [5.41, 5.74) is 1.74. The first-order valence-corrected chi connectivity index (χ1v) is 5.33. The Hall–Kier alpha value is -1.88. The summed E-state index contributed by atoms with van der Waals surface area (Å²) in [5.74, 6) is 2.22. The van der Waals surface area contributed by atoms with Crippen molar-refractivity contribution >= 4 is 5.82 Å². The standard InChI is InChI=1S/C12H15N3O2/c1-8-10(4-5-17-8)12-14-9(7-16-3)6-11(13-2)15-12/h4-6H,7H2,1-3H3,(H,13,14,15). The molecule has 0 fully saturated rings. The van der Waals surface area contributed by atoms with E-state index in [-0.39, 0.29) is 0 Å². The highest BCUT2D eigenvalue weighted by Gasteiger charge is 2.10. The number of hydrogen-bond acceptors (Lipinski definition) is 5. The summed E-state index contributed by atoms with van der Waals surface area (Å²) in [5, 5.41) is 3.01. The van der Waals surface area contributed by atoms with Gasteiger partial charge in [-0.3, -0.25) is 0 Å². The van der Waals surface area contributed by atoms with Crippen molar-refractivity contribution in [3.63, 3.8) is 0 Å². The number of aromatic nitrogens is 2. The van der Waals surface area contributed by atoms with E-state index in [1.165, 1.54) is 0 Å². The molecule has 0 spiro atoms. The second-order valence-corrected chi connectivity index (χ2v) is 3.64. The number of nitrogens with zero attached hydrogens (tertiary/aromatic N) is 2. The second kappa shape index (κ2) is 4.97. The normalized spacial score (nSPS) is 10.5. The highest BCUT2D eigenvalue weighted by Crippen LogP contribution is 2.22. The SMILES string of the molecule is CNc1cc(COC)nc(-c2ccoc2C)n1. The molecule has 2 heterocycles. The van der Waals surface area contributed by atoms with Crippen molar-refractivity contribution in [3.05, 3.63) is 29.9 Å². The van der Waals surface area contributed by atoms with Gasteiger partial charge < -0.3 is 14.5 Å². The maximum Gasteiger partial charge on any atom is 0.165 e. The van der Waals surface area contributed by atoms with Crippen LogP contribution < -0.4 is 5.32 Å². The molecule has 0 bridgehead atoms. The third kappa shape index (κ3) is 2.45. The van der Waals surface area contributed by atoms with Crippen LogP contribution in [0, 0.1) is 6.92 Å². The van der Waals surface area contributed by atoms with Crippen LogP contribution in [0.15, 0.2) is 22.8 Å². The van der Waals surface area contributed by atoms with Gasteiger partial charge in [-0.15, -0.1) is 0 Å². The van der Waals surface area contributed by atoms with E-state index in [1.54, 1.807) is 13.4 Å². The lowest BCUT2D eigenvalue weighted by atomic mass is 10.2. The van der Waals surface area contributed by atoms with Crippen LogP contribution in [0.1, 0.15) is 11.5 Å². The van der Waals surface area contributed by atoms with Crippen molar-refractivity contribution in [2.75, 3.05) is 19.5 Å². The van der Waals surface area contributed by atoms with Gasteiger partial charge in [-0.1, -0.05) is 0 Å². The van der Waals surface area contributed by atoms with Gasteiger partial charge in [0.25, 0.3) is 0 Å². The summed E-state index contributed by atoms with van der Waals surface area (Å²) in [4.78, 5) is 8.84. The monoisotopic (exact) mass is 233 g/mol. The van der Waals surface area contributed by atoms with Gasteiger partial charge >= 0.3 is 0 Å². The van der Waals surface area contributed by atoms with E-state index in [9.17, 15) is 0 Å². The van der Waals surface area contributed by atoms with Gasteiger partial charge in [0.15, 0.2) is 5.82 Å². The molecule has 0 aromatic carbocycles. The number of anilines is 1. The van der Waals surface area contributed by atoms with Gasteiger partial charge in [0.05, 0.1) is 24.1 Å². The highest BCUT2D eigenvalue weighted by atomic mass is 16.5. The van der Waals surface area contributed by atoms with E-state index >= 15 is 0 Å². The minimum absolute atomic E-state index is 0.459. The fraction of sp³-hybridized carbons (Fsp3) is 0.333. The first-order valence-electron chi connectivity index (χ1n) is 5.33. The van der Waals surface area contributed by atoms with Crippen molar-refractivity contribution in [1.82, 2.24) is 9.97 Å². The number of ether oxygens (including phenoxy) is 1. The summed E-state index contributed by atoms with van der Waals surface area (Å²) in [6.07, 6.45) is 1.63. The van der Waals surface area contributed by atoms with E-state index in [2.05, 4.69) is 15.3 Å². The molecule has 0 aliphatic heterocycles. The van der Waals surface area contributed by atoms with Crippen molar-refractivity contribution in [3.8, 4) is 11.4 Å². The van der Waals surface area contributed by atoms with Gasteiger partial charge in [0.1, 0.15) is 11.6 Å². The lowest BCUT2D eigenvalue weighted by Crippen LogP contribution is -2.01. The van der Waals surface area contributed by atoms with Crippen molar-refractivity contribution in [2.45, 2.75) is 13.5 Å². The maximum atomic E-state index is 5.26. The molecule has 5 heteroatoms. The largest absolute Gasteiger partial charge is 0.469 e.